The molecule has 0 radical (unpaired) electrons. The first-order valence-electron chi connectivity index (χ1n) is 5.51. The maximum absolute atomic E-state index is 11.2. The maximum Gasteiger partial charge on any atom is 0.340 e. The van der Waals surface area contributed by atoms with E-state index in [2.05, 4.69) is 15.9 Å². The minimum Gasteiger partial charge on any atom is -0.478 e. The molecule has 2 N–H and O–H groups in total. The number of carbonyl (C=O) groups is 1. The summed E-state index contributed by atoms with van der Waals surface area (Å²) in [6.45, 7) is -0.0958. The third kappa shape index (κ3) is 3.13. The van der Waals surface area contributed by atoms with Crippen molar-refractivity contribution in [2.24, 2.45) is 0 Å². The zero-order valence-corrected chi connectivity index (χ0v) is 11.4. The van der Waals surface area contributed by atoms with Crippen LogP contribution in [0.2, 0.25) is 0 Å². The fourth-order valence-corrected chi connectivity index (χ4v) is 2.15. The molecule has 0 saturated heterocycles. The van der Waals surface area contributed by atoms with E-state index in [4.69, 9.17) is 9.84 Å². The van der Waals surface area contributed by atoms with E-state index in [0.29, 0.717) is 15.8 Å². The van der Waals surface area contributed by atoms with Crippen molar-refractivity contribution in [3.05, 3.63) is 58.1 Å². The summed E-state index contributed by atoms with van der Waals surface area (Å²) in [5.41, 5.74) is 0.765. The second kappa shape index (κ2) is 5.86. The molecule has 0 bridgehead atoms. The average Bonchev–Trinajstić information content (AvgIpc) is 2.38. The lowest BCUT2D eigenvalue weighted by Crippen LogP contribution is -2.01. The van der Waals surface area contributed by atoms with Crippen LogP contribution in [0.15, 0.2) is 46.9 Å². The Labute approximate surface area is 118 Å². The summed E-state index contributed by atoms with van der Waals surface area (Å²) < 4.78 is 6.03. The second-order valence-electron chi connectivity index (χ2n) is 3.83. The van der Waals surface area contributed by atoms with Gasteiger partial charge < -0.3 is 14.9 Å². The molecule has 0 aliphatic carbocycles. The van der Waals surface area contributed by atoms with Gasteiger partial charge in [-0.2, -0.15) is 0 Å². The highest BCUT2D eigenvalue weighted by Gasteiger charge is 2.15. The van der Waals surface area contributed by atoms with E-state index in [1.54, 1.807) is 42.5 Å². The van der Waals surface area contributed by atoms with E-state index >= 15 is 0 Å². The highest BCUT2D eigenvalue weighted by Crippen LogP contribution is 2.30. The van der Waals surface area contributed by atoms with Crippen molar-refractivity contribution >= 4 is 21.9 Å². The quantitative estimate of drug-likeness (QED) is 0.905. The third-order valence-corrected chi connectivity index (χ3v) is 3.16. The van der Waals surface area contributed by atoms with Gasteiger partial charge in [0.05, 0.1) is 6.61 Å². The lowest BCUT2D eigenvalue weighted by atomic mass is 10.2. The molecule has 19 heavy (non-hydrogen) atoms. The molecule has 0 saturated carbocycles. The molecule has 0 heterocycles. The summed E-state index contributed by atoms with van der Waals surface area (Å²) in [5, 5.41) is 18.2. The first kappa shape index (κ1) is 13.6. The summed E-state index contributed by atoms with van der Waals surface area (Å²) in [4.78, 5) is 11.2. The molecule has 0 aromatic heterocycles. The van der Waals surface area contributed by atoms with Gasteiger partial charge in [0.2, 0.25) is 0 Å². The zero-order chi connectivity index (χ0) is 13.8. The van der Waals surface area contributed by atoms with Gasteiger partial charge in [0.15, 0.2) is 0 Å². The van der Waals surface area contributed by atoms with Gasteiger partial charge in [0, 0.05) is 4.47 Å². The third-order valence-electron chi connectivity index (χ3n) is 2.50. The van der Waals surface area contributed by atoms with Crippen LogP contribution in [0.4, 0.5) is 0 Å². The Morgan fingerprint density at radius 3 is 2.63 bits per heavy atom. The van der Waals surface area contributed by atoms with Crippen molar-refractivity contribution in [2.75, 3.05) is 0 Å². The largest absolute Gasteiger partial charge is 0.478 e. The topological polar surface area (TPSA) is 66.8 Å². The standard InChI is InChI=1S/C14H11BrO4/c15-11-5-2-6-12(13(11)14(17)18)19-10-4-1-3-9(7-10)8-16/h1-7,16H,8H2,(H,17,18). The molecule has 0 aliphatic rings. The predicted octanol–water partition coefficient (Wildman–Crippen LogP) is 3.43. The van der Waals surface area contributed by atoms with Gasteiger partial charge in [-0.1, -0.05) is 18.2 Å². The number of carboxylic acid groups (broad SMARTS) is 1. The molecular formula is C14H11BrO4. The molecule has 5 heteroatoms. The van der Waals surface area contributed by atoms with Crippen molar-refractivity contribution in [1.82, 2.24) is 0 Å². The first-order valence-corrected chi connectivity index (χ1v) is 6.30. The van der Waals surface area contributed by atoms with E-state index in [1.807, 2.05) is 0 Å². The Morgan fingerprint density at radius 1 is 1.21 bits per heavy atom. The fraction of sp³-hybridized carbons (Fsp3) is 0.0714. The average molecular weight is 323 g/mol. The van der Waals surface area contributed by atoms with Gasteiger partial charge in [-0.15, -0.1) is 0 Å². The monoisotopic (exact) mass is 322 g/mol. The Morgan fingerprint density at radius 2 is 1.95 bits per heavy atom. The molecule has 0 aliphatic heterocycles. The Kier molecular flexibility index (Phi) is 4.19. The Hall–Kier alpha value is -1.85. The second-order valence-corrected chi connectivity index (χ2v) is 4.68. The van der Waals surface area contributed by atoms with Crippen molar-refractivity contribution in [1.29, 1.82) is 0 Å². The van der Waals surface area contributed by atoms with Gasteiger partial charge in [-0.05, 0) is 45.8 Å². The predicted molar refractivity (Wildman–Crippen MR) is 73.5 cm³/mol. The number of carboxylic acids is 1. The number of aliphatic hydroxyl groups is 1. The molecule has 0 unspecified atom stereocenters. The lowest BCUT2D eigenvalue weighted by molar-refractivity contribution is 0.0693. The van der Waals surface area contributed by atoms with Gasteiger partial charge in [-0.3, -0.25) is 0 Å². The van der Waals surface area contributed by atoms with E-state index < -0.39 is 5.97 Å². The first-order chi connectivity index (χ1) is 9.11. The maximum atomic E-state index is 11.2. The van der Waals surface area contributed by atoms with Crippen LogP contribution >= 0.6 is 15.9 Å². The summed E-state index contributed by atoms with van der Waals surface area (Å²) in [5.74, 6) is -0.343. The number of hydrogen-bond donors (Lipinski definition) is 2. The zero-order valence-electron chi connectivity index (χ0n) is 9.84. The number of aliphatic hydroxyl groups excluding tert-OH is 1. The van der Waals surface area contributed by atoms with Crippen molar-refractivity contribution in [3.8, 4) is 11.5 Å². The summed E-state index contributed by atoms with van der Waals surface area (Å²) >= 11 is 3.19. The van der Waals surface area contributed by atoms with E-state index in [-0.39, 0.29) is 17.9 Å². The molecule has 98 valence electrons. The molecule has 0 fully saturated rings. The number of halogens is 1. The van der Waals surface area contributed by atoms with Crippen molar-refractivity contribution in [3.63, 3.8) is 0 Å². The number of hydrogen-bond acceptors (Lipinski definition) is 3. The molecule has 0 atom stereocenters. The Balaban J connectivity index is 2.38. The van der Waals surface area contributed by atoms with Crippen molar-refractivity contribution < 1.29 is 19.7 Å². The van der Waals surface area contributed by atoms with E-state index in [0.717, 1.165) is 0 Å². The van der Waals surface area contributed by atoms with Gasteiger partial charge in [0.1, 0.15) is 17.1 Å². The minimum atomic E-state index is -1.07. The van der Waals surface area contributed by atoms with Crippen LogP contribution in [0.1, 0.15) is 15.9 Å². The van der Waals surface area contributed by atoms with Gasteiger partial charge >= 0.3 is 5.97 Å². The number of aromatic carboxylic acids is 1. The van der Waals surface area contributed by atoms with Gasteiger partial charge in [0.25, 0.3) is 0 Å². The molecule has 4 nitrogen and oxygen atoms in total. The summed E-state index contributed by atoms with van der Waals surface area (Å²) in [6.07, 6.45) is 0. The van der Waals surface area contributed by atoms with Crippen LogP contribution in [0, 0.1) is 0 Å². The molecule has 0 spiro atoms. The highest BCUT2D eigenvalue weighted by molar-refractivity contribution is 9.10. The van der Waals surface area contributed by atoms with E-state index in [1.165, 1.54) is 0 Å². The normalized spacial score (nSPS) is 10.2. The van der Waals surface area contributed by atoms with Crippen molar-refractivity contribution in [2.45, 2.75) is 6.61 Å². The van der Waals surface area contributed by atoms with Crippen LogP contribution in [0.3, 0.4) is 0 Å². The Bertz CT molecular complexity index is 610. The molecule has 2 rings (SSSR count). The minimum absolute atomic E-state index is 0.0666. The summed E-state index contributed by atoms with van der Waals surface area (Å²) in [7, 11) is 0. The van der Waals surface area contributed by atoms with Gasteiger partial charge in [-0.25, -0.2) is 4.79 Å². The fourth-order valence-electron chi connectivity index (χ4n) is 1.63. The number of rotatable bonds is 4. The van der Waals surface area contributed by atoms with Crippen LogP contribution in [-0.2, 0) is 6.61 Å². The van der Waals surface area contributed by atoms with Crippen LogP contribution in [0.25, 0.3) is 0 Å². The molecule has 2 aromatic rings. The molecule has 0 amide bonds. The van der Waals surface area contributed by atoms with Crippen LogP contribution in [0.5, 0.6) is 11.5 Å². The number of ether oxygens (including phenoxy) is 1. The van der Waals surface area contributed by atoms with E-state index in [9.17, 15) is 9.90 Å². The lowest BCUT2D eigenvalue weighted by Gasteiger charge is -2.10. The highest BCUT2D eigenvalue weighted by atomic mass is 79.9. The SMILES string of the molecule is O=C(O)c1c(Br)cccc1Oc1cccc(CO)c1. The smallest absolute Gasteiger partial charge is 0.340 e. The summed E-state index contributed by atoms with van der Waals surface area (Å²) in [6, 6.07) is 11.8. The molecular weight excluding hydrogens is 312 g/mol. The molecule has 2 aromatic carbocycles. The van der Waals surface area contributed by atoms with Crippen LogP contribution < -0.4 is 4.74 Å². The number of benzene rings is 2. The van der Waals surface area contributed by atoms with Crippen LogP contribution in [-0.4, -0.2) is 16.2 Å².